The van der Waals surface area contributed by atoms with Crippen LogP contribution in [0.3, 0.4) is 0 Å². The van der Waals surface area contributed by atoms with Gasteiger partial charge in [0.1, 0.15) is 20.6 Å². The summed E-state index contributed by atoms with van der Waals surface area (Å²) in [6.45, 7) is 0. The van der Waals surface area contributed by atoms with Crippen molar-refractivity contribution in [2.24, 2.45) is 25.7 Å². The number of nitrogens with one attached hydrogen (secondary N) is 2. The van der Waals surface area contributed by atoms with Gasteiger partial charge >= 0.3 is 0 Å². The summed E-state index contributed by atoms with van der Waals surface area (Å²) in [4.78, 5) is 39.0. The highest BCUT2D eigenvalue weighted by atomic mass is 79.9. The van der Waals surface area contributed by atoms with E-state index in [1.165, 1.54) is 0 Å². The predicted molar refractivity (Wildman–Crippen MR) is 186 cm³/mol. The van der Waals surface area contributed by atoms with Crippen molar-refractivity contribution in [2.45, 2.75) is 75.9 Å². The predicted octanol–water partition coefficient (Wildman–Crippen LogP) is 6.78. The molecule has 0 bridgehead atoms. The number of amides is 1. The Morgan fingerprint density at radius 2 is 1.39 bits per heavy atom. The number of aromatic nitrogens is 6. The lowest BCUT2D eigenvalue weighted by atomic mass is 9.83. The minimum absolute atomic E-state index is 0.00924. The summed E-state index contributed by atoms with van der Waals surface area (Å²) in [5.74, 6) is -4.60. The first-order valence-corrected chi connectivity index (χ1v) is 17.8. The number of anilines is 1. The van der Waals surface area contributed by atoms with Crippen LogP contribution in [0.2, 0.25) is 0 Å². The highest BCUT2D eigenvalue weighted by molar-refractivity contribution is 9.10. The number of nitrogens with zero attached hydrogens (tertiary/aromatic N) is 6. The summed E-state index contributed by atoms with van der Waals surface area (Å²) in [6, 6.07) is 1.42. The van der Waals surface area contributed by atoms with Gasteiger partial charge in [0.15, 0.2) is 34.9 Å². The molecule has 2 saturated carbocycles. The third kappa shape index (κ3) is 12.2. The zero-order chi connectivity index (χ0) is 37.2. The zero-order valence-electron chi connectivity index (χ0n) is 27.9. The van der Waals surface area contributed by atoms with Crippen molar-refractivity contribution >= 4 is 49.4 Å². The third-order valence-electron chi connectivity index (χ3n) is 8.31. The summed E-state index contributed by atoms with van der Waals surface area (Å²) in [5.41, 5.74) is 6.87. The molecule has 2 aliphatic rings. The van der Waals surface area contributed by atoms with E-state index in [4.69, 9.17) is 5.73 Å². The normalized spacial score (nSPS) is 20.0. The molecule has 2 aliphatic carbocycles. The second-order valence-corrected chi connectivity index (χ2v) is 14.1. The summed E-state index contributed by atoms with van der Waals surface area (Å²) in [5, 5.41) is 5.97. The molecule has 4 aromatic heterocycles. The van der Waals surface area contributed by atoms with Crippen LogP contribution in [-0.4, -0.2) is 58.9 Å². The molecule has 0 saturated heterocycles. The van der Waals surface area contributed by atoms with Crippen LogP contribution in [0, 0.1) is 35.1 Å². The second kappa shape index (κ2) is 18.6. The lowest BCUT2D eigenvalue weighted by molar-refractivity contribution is 0.0918. The summed E-state index contributed by atoms with van der Waals surface area (Å²) < 4.78 is 66.7. The average Bonchev–Trinajstić information content (AvgIpc) is 3.72. The van der Waals surface area contributed by atoms with Crippen LogP contribution in [0.5, 0.6) is 0 Å². The number of hydrogen-bond acceptors (Lipinski definition) is 8. The molecule has 1 amide bonds. The molecule has 51 heavy (non-hydrogen) atoms. The van der Waals surface area contributed by atoms with Crippen molar-refractivity contribution in [1.29, 1.82) is 0 Å². The number of ketones is 1. The van der Waals surface area contributed by atoms with Crippen molar-refractivity contribution in [2.75, 3.05) is 5.32 Å². The van der Waals surface area contributed by atoms with Crippen molar-refractivity contribution in [3.8, 4) is 0 Å². The number of hydrogen-bond donors (Lipinski definition) is 3. The minimum atomic E-state index is -1.31. The molecule has 2 fully saturated rings. The molecule has 0 radical (unpaired) electrons. The molecule has 0 aromatic carbocycles. The molecule has 6 rings (SSSR count). The minimum Gasteiger partial charge on any atom is -0.365 e. The van der Waals surface area contributed by atoms with Crippen molar-refractivity contribution in [3.63, 3.8) is 0 Å². The highest BCUT2D eigenvalue weighted by Crippen LogP contribution is 2.27. The summed E-state index contributed by atoms with van der Waals surface area (Å²) in [7, 11) is 3.67. The summed E-state index contributed by atoms with van der Waals surface area (Å²) in [6.07, 6.45) is 14.8. The van der Waals surface area contributed by atoms with Crippen molar-refractivity contribution < 1.29 is 31.5 Å². The number of carbonyl (C=O) groups excluding carboxylic acids is 2. The van der Waals surface area contributed by atoms with Gasteiger partial charge in [-0.3, -0.25) is 9.59 Å². The Kier molecular flexibility index (Phi) is 14.6. The average molecular weight is 848 g/mol. The maximum Gasteiger partial charge on any atom is 0.271 e. The van der Waals surface area contributed by atoms with Crippen LogP contribution in [0.4, 0.5) is 27.8 Å². The van der Waals surface area contributed by atoms with Crippen LogP contribution in [-0.2, 0) is 14.1 Å². The van der Waals surface area contributed by atoms with Gasteiger partial charge in [-0.2, -0.15) is 4.39 Å². The van der Waals surface area contributed by atoms with Crippen molar-refractivity contribution in [3.05, 3.63) is 87.0 Å². The van der Waals surface area contributed by atoms with E-state index in [0.29, 0.717) is 36.2 Å². The number of rotatable bonds is 7. The molecule has 18 heteroatoms. The van der Waals surface area contributed by atoms with Gasteiger partial charge in [-0.15, -0.1) is 0 Å². The fraction of sp³-hybridized carbons (Fsp3) is 0.455. The number of Topliss-reactive ketones (excluding diaryl/α,β-unsaturated/α-hetero) is 1. The van der Waals surface area contributed by atoms with Gasteiger partial charge < -0.3 is 25.5 Å². The van der Waals surface area contributed by atoms with Crippen LogP contribution < -0.4 is 16.4 Å². The number of pyridine rings is 2. The fourth-order valence-corrected chi connectivity index (χ4v) is 6.41. The molecule has 0 unspecified atom stereocenters. The molecule has 4 heterocycles. The maximum absolute atomic E-state index is 13.9. The Hall–Kier alpha value is -3.77. The topological polar surface area (TPSA) is 146 Å². The molecule has 0 aliphatic heterocycles. The molecule has 11 nitrogen and oxygen atoms in total. The van der Waals surface area contributed by atoms with E-state index in [1.807, 2.05) is 7.05 Å². The first-order valence-electron chi connectivity index (χ1n) is 16.2. The first-order chi connectivity index (χ1) is 24.2. The molecule has 4 N–H and O–H groups in total. The van der Waals surface area contributed by atoms with Gasteiger partial charge in [-0.1, -0.05) is 6.42 Å². The quantitative estimate of drug-likeness (QED) is 0.105. The van der Waals surface area contributed by atoms with Crippen LogP contribution in [0.15, 0.2) is 46.4 Å². The number of imidazole rings is 2. The fourth-order valence-electron chi connectivity index (χ4n) is 5.84. The van der Waals surface area contributed by atoms with E-state index in [-0.39, 0.29) is 44.8 Å². The number of halogens is 7. The van der Waals surface area contributed by atoms with Gasteiger partial charge in [-0.25, -0.2) is 37.5 Å². The van der Waals surface area contributed by atoms with E-state index in [0.717, 1.165) is 51.0 Å². The molecule has 4 aromatic rings. The molecule has 0 spiro atoms. The Morgan fingerprint density at radius 3 is 2.00 bits per heavy atom. The molecular weight excluding hydrogens is 809 g/mol. The van der Waals surface area contributed by atoms with E-state index >= 15 is 0 Å². The van der Waals surface area contributed by atoms with Crippen LogP contribution in [0.1, 0.15) is 78.8 Å². The van der Waals surface area contributed by atoms with Gasteiger partial charge in [0, 0.05) is 63.2 Å². The van der Waals surface area contributed by atoms with Gasteiger partial charge in [0.2, 0.25) is 5.95 Å². The van der Waals surface area contributed by atoms with E-state index in [9.17, 15) is 31.5 Å². The summed E-state index contributed by atoms with van der Waals surface area (Å²) >= 11 is 5.55. The number of aryl methyl sites for hydroxylation is 2. The first kappa shape index (κ1) is 40.0. The Balaban J connectivity index is 0.000000191. The van der Waals surface area contributed by atoms with E-state index in [2.05, 4.69) is 62.4 Å². The lowest BCUT2D eigenvalue weighted by Gasteiger charge is -2.30. The van der Waals surface area contributed by atoms with Crippen LogP contribution in [0.25, 0.3) is 0 Å². The molecular formula is C33H38Br2F5N9O2. The molecule has 276 valence electrons. The largest absolute Gasteiger partial charge is 0.365 e. The Labute approximate surface area is 308 Å². The monoisotopic (exact) mass is 845 g/mol. The zero-order valence-corrected chi connectivity index (χ0v) is 31.0. The van der Waals surface area contributed by atoms with Gasteiger partial charge in [0.25, 0.3) is 5.91 Å². The Morgan fingerprint density at radius 1 is 0.804 bits per heavy atom. The van der Waals surface area contributed by atoms with Gasteiger partial charge in [0.05, 0.1) is 12.7 Å². The maximum atomic E-state index is 13.9. The van der Waals surface area contributed by atoms with E-state index in [1.54, 1.807) is 41.2 Å². The number of carbonyl (C=O) groups is 2. The van der Waals surface area contributed by atoms with Crippen molar-refractivity contribution in [1.82, 2.24) is 34.4 Å². The third-order valence-corrected chi connectivity index (χ3v) is 9.42. The second-order valence-electron chi connectivity index (χ2n) is 12.6. The number of nitrogens with two attached hydrogens (primary N) is 1. The van der Waals surface area contributed by atoms with E-state index < -0.39 is 29.2 Å². The smallest absolute Gasteiger partial charge is 0.271 e. The standard InChI is InChI=1S/C16H18BrF2N5O.C12H19N3O.C5HBrF3N/c1-24-7-13(20-8-24)16(25)22-10-4-2-3-9(5-10)21-15-12(19)6-11(18)14(17)23-15;1-15-7-11(14-8-15)12(16)6-9-3-2-4-10(13)5-9;6-4-2(7)1-3(8)5(9)10-4/h6-10H,2-5H2,1H3,(H,21,23)(H,22,25);7-10H,2-6,13H2,1H3;1H/t2*9-,10+;/m11./s1. The highest BCUT2D eigenvalue weighted by Gasteiger charge is 2.26. The van der Waals surface area contributed by atoms with Crippen LogP contribution >= 0.6 is 31.9 Å². The SMILES string of the molecule is Cn1cnc(C(=O)C[C@@H]2CCC[C@H](N)C2)c1.Cn1cnc(C(=O)N[C@H]2CCC[C@@H](Nc3nc(Br)c(F)cc3F)C2)c1.Fc1cc(F)c(Br)nc1F. The molecule has 4 atom stereocenters. The Bertz CT molecular complexity index is 1760. The van der Waals surface area contributed by atoms with Gasteiger partial charge in [-0.05, 0) is 82.7 Å². The lowest BCUT2D eigenvalue weighted by Crippen LogP contribution is -2.42.